The largest absolute Gasteiger partial charge is 0.460 e. The lowest BCUT2D eigenvalue weighted by atomic mass is 9.92. The number of ether oxygens (including phenoxy) is 1. The molecule has 0 radical (unpaired) electrons. The summed E-state index contributed by atoms with van der Waals surface area (Å²) in [7, 11) is 0. The number of rotatable bonds is 3. The van der Waals surface area contributed by atoms with Crippen LogP contribution in [0.3, 0.4) is 0 Å². The molecule has 1 fully saturated rings. The predicted octanol–water partition coefficient (Wildman–Crippen LogP) is 3.05. The Morgan fingerprint density at radius 2 is 1.88 bits per heavy atom. The number of hydrogen-bond acceptors (Lipinski definition) is 3. The first-order valence-electron chi connectivity index (χ1n) is 6.78. The van der Waals surface area contributed by atoms with Crippen LogP contribution in [0.15, 0.2) is 0 Å². The molecule has 0 unspecified atom stereocenters. The molecule has 3 nitrogen and oxygen atoms in total. The average Bonchev–Trinajstić information content (AvgIpc) is 2.37. The molecule has 2 atom stereocenters. The first kappa shape index (κ1) is 14.5. The van der Waals surface area contributed by atoms with E-state index in [1.54, 1.807) is 0 Å². The lowest BCUT2D eigenvalue weighted by Crippen LogP contribution is -2.25. The van der Waals surface area contributed by atoms with E-state index in [1.165, 1.54) is 12.8 Å². The molecule has 17 heavy (non-hydrogen) atoms. The third-order valence-corrected chi connectivity index (χ3v) is 3.26. The maximum absolute atomic E-state index is 11.6. The molecule has 0 amide bonds. The van der Waals surface area contributed by atoms with Gasteiger partial charge in [-0.25, -0.2) is 0 Å². The molecule has 0 aromatic heterocycles. The van der Waals surface area contributed by atoms with Crippen LogP contribution in [0.2, 0.25) is 0 Å². The summed E-state index contributed by atoms with van der Waals surface area (Å²) < 4.78 is 5.27. The van der Waals surface area contributed by atoms with Gasteiger partial charge in [-0.2, -0.15) is 0 Å². The van der Waals surface area contributed by atoms with Crippen molar-refractivity contribution in [2.24, 2.45) is 5.92 Å². The molecule has 3 heteroatoms. The molecule has 100 valence electrons. The van der Waals surface area contributed by atoms with Gasteiger partial charge in [0.2, 0.25) is 0 Å². The van der Waals surface area contributed by atoms with Crippen LogP contribution in [-0.4, -0.2) is 22.8 Å². The summed E-state index contributed by atoms with van der Waals surface area (Å²) >= 11 is 0. The molecule has 0 spiro atoms. The van der Waals surface area contributed by atoms with Gasteiger partial charge >= 0.3 is 5.97 Å². The number of aliphatic hydroxyl groups is 1. The molecule has 1 rings (SSSR count). The number of aliphatic hydroxyl groups excluding tert-OH is 1. The molecule has 1 N–H and O–H groups in total. The van der Waals surface area contributed by atoms with E-state index in [2.05, 4.69) is 0 Å². The van der Waals surface area contributed by atoms with Crippen LogP contribution in [0.25, 0.3) is 0 Å². The molecule has 1 aliphatic rings. The molecule has 0 aromatic carbocycles. The second-order valence-electron chi connectivity index (χ2n) is 6.09. The van der Waals surface area contributed by atoms with E-state index < -0.39 is 5.60 Å². The summed E-state index contributed by atoms with van der Waals surface area (Å²) in [6, 6.07) is 0. The number of hydrogen-bond donors (Lipinski definition) is 1. The van der Waals surface area contributed by atoms with Gasteiger partial charge in [-0.05, 0) is 46.0 Å². The van der Waals surface area contributed by atoms with E-state index in [9.17, 15) is 9.90 Å². The minimum absolute atomic E-state index is 0.144. The Kier molecular flexibility index (Phi) is 5.44. The number of carbonyl (C=O) groups is 1. The van der Waals surface area contributed by atoms with Gasteiger partial charge in [-0.3, -0.25) is 4.79 Å². The molecule has 0 bridgehead atoms. The standard InChI is InChI=1S/C14H26O3/c1-14(2,3)17-13(16)10-9-11-7-5-4-6-8-12(11)15/h11-12,15H,4-10H2,1-3H3/t11-,12+/m0/s1. The van der Waals surface area contributed by atoms with E-state index in [1.807, 2.05) is 20.8 Å². The summed E-state index contributed by atoms with van der Waals surface area (Å²) in [6.07, 6.45) is 6.40. The van der Waals surface area contributed by atoms with E-state index in [0.29, 0.717) is 6.42 Å². The zero-order valence-corrected chi connectivity index (χ0v) is 11.4. The quantitative estimate of drug-likeness (QED) is 0.611. The zero-order valence-electron chi connectivity index (χ0n) is 11.4. The van der Waals surface area contributed by atoms with Gasteiger partial charge in [0.05, 0.1) is 6.10 Å². The van der Waals surface area contributed by atoms with E-state index in [4.69, 9.17) is 4.74 Å². The molecular weight excluding hydrogens is 216 g/mol. The maximum atomic E-state index is 11.6. The van der Waals surface area contributed by atoms with Crippen molar-refractivity contribution in [1.82, 2.24) is 0 Å². The first-order valence-corrected chi connectivity index (χ1v) is 6.78. The second kappa shape index (κ2) is 6.39. The average molecular weight is 242 g/mol. The minimum atomic E-state index is -0.404. The predicted molar refractivity (Wildman–Crippen MR) is 67.7 cm³/mol. The van der Waals surface area contributed by atoms with Crippen molar-refractivity contribution in [2.45, 2.75) is 77.4 Å². The van der Waals surface area contributed by atoms with Gasteiger partial charge in [-0.1, -0.05) is 19.3 Å². The molecule has 0 aliphatic heterocycles. The Morgan fingerprint density at radius 3 is 2.53 bits per heavy atom. The Balaban J connectivity index is 2.31. The first-order chi connectivity index (χ1) is 7.88. The van der Waals surface area contributed by atoms with Gasteiger partial charge in [0.15, 0.2) is 0 Å². The van der Waals surface area contributed by atoms with Gasteiger partial charge in [0, 0.05) is 6.42 Å². The molecular formula is C14H26O3. The van der Waals surface area contributed by atoms with Crippen molar-refractivity contribution >= 4 is 5.97 Å². The van der Waals surface area contributed by atoms with Crippen molar-refractivity contribution in [3.05, 3.63) is 0 Å². The zero-order chi connectivity index (χ0) is 12.9. The fraction of sp³-hybridized carbons (Fsp3) is 0.929. The van der Waals surface area contributed by atoms with Crippen LogP contribution in [0.1, 0.15) is 65.7 Å². The van der Waals surface area contributed by atoms with E-state index in [0.717, 1.165) is 25.7 Å². The van der Waals surface area contributed by atoms with Gasteiger partial charge in [0.1, 0.15) is 5.60 Å². The van der Waals surface area contributed by atoms with Crippen molar-refractivity contribution in [1.29, 1.82) is 0 Å². The minimum Gasteiger partial charge on any atom is -0.460 e. The molecule has 0 heterocycles. The summed E-state index contributed by atoms with van der Waals surface area (Å²) in [5, 5.41) is 9.94. The monoisotopic (exact) mass is 242 g/mol. The van der Waals surface area contributed by atoms with Gasteiger partial charge < -0.3 is 9.84 Å². The van der Waals surface area contributed by atoms with Gasteiger partial charge in [0.25, 0.3) is 0 Å². The molecule has 0 saturated heterocycles. The Bertz CT molecular complexity index is 242. The molecule has 1 aliphatic carbocycles. The third-order valence-electron chi connectivity index (χ3n) is 3.26. The Labute approximate surface area is 105 Å². The van der Waals surface area contributed by atoms with Crippen LogP contribution < -0.4 is 0 Å². The smallest absolute Gasteiger partial charge is 0.306 e. The Hall–Kier alpha value is -0.570. The fourth-order valence-electron chi connectivity index (χ4n) is 2.40. The fourth-order valence-corrected chi connectivity index (χ4v) is 2.40. The summed E-state index contributed by atoms with van der Waals surface area (Å²) in [4.78, 5) is 11.6. The van der Waals surface area contributed by atoms with Crippen LogP contribution >= 0.6 is 0 Å². The third kappa shape index (κ3) is 6.06. The van der Waals surface area contributed by atoms with Gasteiger partial charge in [-0.15, -0.1) is 0 Å². The van der Waals surface area contributed by atoms with Crippen molar-refractivity contribution in [2.75, 3.05) is 0 Å². The van der Waals surface area contributed by atoms with Crippen LogP contribution in [0, 0.1) is 5.92 Å². The maximum Gasteiger partial charge on any atom is 0.306 e. The lowest BCUT2D eigenvalue weighted by Gasteiger charge is -2.22. The van der Waals surface area contributed by atoms with E-state index in [-0.39, 0.29) is 18.0 Å². The Morgan fingerprint density at radius 1 is 1.24 bits per heavy atom. The molecule has 0 aromatic rings. The van der Waals surface area contributed by atoms with Crippen molar-refractivity contribution < 1.29 is 14.6 Å². The highest BCUT2D eigenvalue weighted by Gasteiger charge is 2.23. The number of esters is 1. The highest BCUT2D eigenvalue weighted by molar-refractivity contribution is 5.69. The van der Waals surface area contributed by atoms with Crippen LogP contribution in [0.5, 0.6) is 0 Å². The van der Waals surface area contributed by atoms with Crippen LogP contribution in [0.4, 0.5) is 0 Å². The van der Waals surface area contributed by atoms with E-state index >= 15 is 0 Å². The normalized spacial score (nSPS) is 26.4. The summed E-state index contributed by atoms with van der Waals surface area (Å²) in [6.45, 7) is 5.64. The topological polar surface area (TPSA) is 46.5 Å². The highest BCUT2D eigenvalue weighted by Crippen LogP contribution is 2.27. The number of carbonyl (C=O) groups excluding carboxylic acids is 1. The molecule has 1 saturated carbocycles. The highest BCUT2D eigenvalue weighted by atomic mass is 16.6. The van der Waals surface area contributed by atoms with Crippen LogP contribution in [-0.2, 0) is 9.53 Å². The second-order valence-corrected chi connectivity index (χ2v) is 6.09. The van der Waals surface area contributed by atoms with Crippen molar-refractivity contribution in [3.8, 4) is 0 Å². The summed E-state index contributed by atoms with van der Waals surface area (Å²) in [5.74, 6) is 0.138. The SMILES string of the molecule is CC(C)(C)OC(=O)CC[C@@H]1CCCCC[C@H]1O. The van der Waals surface area contributed by atoms with Crippen molar-refractivity contribution in [3.63, 3.8) is 0 Å². The lowest BCUT2D eigenvalue weighted by molar-refractivity contribution is -0.155. The summed E-state index contributed by atoms with van der Waals surface area (Å²) in [5.41, 5.74) is -0.404.